The summed E-state index contributed by atoms with van der Waals surface area (Å²) >= 11 is 2.06. The highest BCUT2D eigenvalue weighted by Crippen LogP contribution is 2.06. The average molecular weight is 175 g/mol. The Balaban J connectivity index is 3.07. The number of hydrogen-bond acceptors (Lipinski definition) is 2. The Hall–Kier alpha value is 0.310. The van der Waals surface area contributed by atoms with Gasteiger partial charge in [-0.25, -0.2) is 0 Å². The molecule has 0 saturated heterocycles. The Morgan fingerprint density at radius 2 is 1.73 bits per heavy atom. The van der Waals surface area contributed by atoms with Crippen LogP contribution in [0.15, 0.2) is 0 Å². The van der Waals surface area contributed by atoms with Crippen LogP contribution in [0.1, 0.15) is 33.6 Å². The number of thioether (sulfide) groups is 1. The summed E-state index contributed by atoms with van der Waals surface area (Å²) in [6.07, 6.45) is 2.69. The lowest BCUT2D eigenvalue weighted by molar-refractivity contribution is 0.358. The fraction of sp³-hybridized carbons (Fsp3) is 1.00. The number of hydrogen-bond donors (Lipinski definition) is 0. The minimum atomic E-state index is 1.19. The zero-order valence-corrected chi connectivity index (χ0v) is 8.91. The van der Waals surface area contributed by atoms with Crippen LogP contribution in [0.25, 0.3) is 0 Å². The summed E-state index contributed by atoms with van der Waals surface area (Å²) in [6, 6.07) is 0. The average Bonchev–Trinajstić information content (AvgIpc) is 2.05. The smallest absolute Gasteiger partial charge is 0.0444 e. The minimum absolute atomic E-state index is 1.19. The highest BCUT2D eigenvalue weighted by atomic mass is 32.2. The lowest BCUT2D eigenvalue weighted by Gasteiger charge is -2.16. The van der Waals surface area contributed by atoms with Crippen LogP contribution in [0.5, 0.6) is 0 Å². The Bertz CT molecular complexity index is 72.0. The number of unbranched alkanes of at least 4 members (excludes halogenated alkanes) is 1. The van der Waals surface area contributed by atoms with Gasteiger partial charge >= 0.3 is 0 Å². The van der Waals surface area contributed by atoms with Crippen LogP contribution in [-0.4, -0.2) is 29.6 Å². The molecule has 0 radical (unpaired) electrons. The van der Waals surface area contributed by atoms with Crippen molar-refractivity contribution in [3.8, 4) is 0 Å². The molecule has 68 valence electrons. The number of nitrogens with zero attached hydrogens (tertiary/aromatic N) is 1. The SMILES string of the molecule is CCCCSCN(CC)CC. The van der Waals surface area contributed by atoms with Crippen LogP contribution in [0.4, 0.5) is 0 Å². The van der Waals surface area contributed by atoms with E-state index < -0.39 is 0 Å². The van der Waals surface area contributed by atoms with Crippen LogP contribution in [0.3, 0.4) is 0 Å². The zero-order chi connectivity index (χ0) is 8.53. The Kier molecular flexibility index (Phi) is 8.64. The summed E-state index contributed by atoms with van der Waals surface area (Å²) in [5, 5.41) is 0. The molecule has 0 atom stereocenters. The lowest BCUT2D eigenvalue weighted by Crippen LogP contribution is -2.22. The molecule has 0 aromatic heterocycles. The van der Waals surface area contributed by atoms with Crippen molar-refractivity contribution < 1.29 is 0 Å². The van der Waals surface area contributed by atoms with Crippen LogP contribution < -0.4 is 0 Å². The first-order valence-electron chi connectivity index (χ1n) is 4.65. The Morgan fingerprint density at radius 3 is 2.18 bits per heavy atom. The first kappa shape index (κ1) is 11.3. The summed E-state index contributed by atoms with van der Waals surface area (Å²) in [6.45, 7) is 9.08. The molecular weight excluding hydrogens is 154 g/mol. The van der Waals surface area contributed by atoms with E-state index in [4.69, 9.17) is 0 Å². The van der Waals surface area contributed by atoms with Gasteiger partial charge in [-0.1, -0.05) is 27.2 Å². The summed E-state index contributed by atoms with van der Waals surface area (Å²) in [5.41, 5.74) is 0. The van der Waals surface area contributed by atoms with E-state index in [1.54, 1.807) is 0 Å². The molecule has 0 aliphatic rings. The van der Waals surface area contributed by atoms with E-state index in [0.29, 0.717) is 0 Å². The van der Waals surface area contributed by atoms with Gasteiger partial charge in [0.25, 0.3) is 0 Å². The van der Waals surface area contributed by atoms with Gasteiger partial charge in [-0.05, 0) is 25.3 Å². The van der Waals surface area contributed by atoms with Crippen LogP contribution in [0.2, 0.25) is 0 Å². The summed E-state index contributed by atoms with van der Waals surface area (Å²) in [5.74, 6) is 2.54. The summed E-state index contributed by atoms with van der Waals surface area (Å²) in [7, 11) is 0. The van der Waals surface area contributed by atoms with Crippen molar-refractivity contribution in [2.75, 3.05) is 24.7 Å². The maximum Gasteiger partial charge on any atom is 0.0444 e. The van der Waals surface area contributed by atoms with E-state index in [0.717, 1.165) is 0 Å². The topological polar surface area (TPSA) is 3.24 Å². The molecule has 0 spiro atoms. The standard InChI is InChI=1S/C9H21NS/c1-4-7-8-11-9-10(5-2)6-3/h4-9H2,1-3H3. The van der Waals surface area contributed by atoms with Crippen molar-refractivity contribution >= 4 is 11.8 Å². The molecule has 0 heterocycles. The van der Waals surface area contributed by atoms with Gasteiger partial charge in [0.05, 0.1) is 0 Å². The molecule has 0 unspecified atom stereocenters. The molecule has 1 nitrogen and oxygen atoms in total. The largest absolute Gasteiger partial charge is 0.295 e. The maximum absolute atomic E-state index is 2.46. The third kappa shape index (κ3) is 6.70. The molecule has 0 aromatic carbocycles. The van der Waals surface area contributed by atoms with Gasteiger partial charge in [-0.15, -0.1) is 11.8 Å². The molecule has 0 bridgehead atoms. The summed E-state index contributed by atoms with van der Waals surface area (Å²) in [4.78, 5) is 2.46. The van der Waals surface area contributed by atoms with E-state index in [1.165, 1.54) is 37.6 Å². The van der Waals surface area contributed by atoms with Crippen molar-refractivity contribution in [1.29, 1.82) is 0 Å². The van der Waals surface area contributed by atoms with E-state index in [2.05, 4.69) is 37.4 Å². The molecule has 0 amide bonds. The van der Waals surface area contributed by atoms with E-state index in [-0.39, 0.29) is 0 Å². The zero-order valence-electron chi connectivity index (χ0n) is 8.10. The minimum Gasteiger partial charge on any atom is -0.295 e. The molecule has 0 aliphatic heterocycles. The van der Waals surface area contributed by atoms with Crippen molar-refractivity contribution in [1.82, 2.24) is 4.90 Å². The molecule has 0 fully saturated rings. The second kappa shape index (κ2) is 8.41. The molecule has 11 heavy (non-hydrogen) atoms. The van der Waals surface area contributed by atoms with Gasteiger partial charge in [-0.2, -0.15) is 0 Å². The van der Waals surface area contributed by atoms with Gasteiger partial charge in [0.2, 0.25) is 0 Å². The molecule has 2 heteroatoms. The molecule has 0 aliphatic carbocycles. The van der Waals surface area contributed by atoms with Crippen molar-refractivity contribution in [3.05, 3.63) is 0 Å². The monoisotopic (exact) mass is 175 g/mol. The van der Waals surface area contributed by atoms with Crippen molar-refractivity contribution in [2.24, 2.45) is 0 Å². The predicted octanol–water partition coefficient (Wildman–Crippen LogP) is 2.82. The predicted molar refractivity (Wildman–Crippen MR) is 55.2 cm³/mol. The van der Waals surface area contributed by atoms with Gasteiger partial charge in [0.15, 0.2) is 0 Å². The van der Waals surface area contributed by atoms with Gasteiger partial charge in [0.1, 0.15) is 0 Å². The van der Waals surface area contributed by atoms with E-state index in [1.807, 2.05) is 0 Å². The first-order chi connectivity index (χ1) is 5.35. The maximum atomic E-state index is 2.46. The molecule has 0 N–H and O–H groups in total. The van der Waals surface area contributed by atoms with Crippen LogP contribution in [0, 0.1) is 0 Å². The van der Waals surface area contributed by atoms with Crippen LogP contribution >= 0.6 is 11.8 Å². The molecule has 0 aromatic rings. The third-order valence-electron chi connectivity index (χ3n) is 1.81. The normalized spacial score (nSPS) is 10.9. The molecule has 0 rings (SSSR count). The van der Waals surface area contributed by atoms with Crippen LogP contribution in [-0.2, 0) is 0 Å². The Morgan fingerprint density at radius 1 is 1.09 bits per heavy atom. The quantitative estimate of drug-likeness (QED) is 0.432. The van der Waals surface area contributed by atoms with E-state index in [9.17, 15) is 0 Å². The second-order valence-corrected chi connectivity index (χ2v) is 3.77. The van der Waals surface area contributed by atoms with Gasteiger partial charge < -0.3 is 0 Å². The number of rotatable bonds is 7. The van der Waals surface area contributed by atoms with Gasteiger partial charge in [-0.3, -0.25) is 4.90 Å². The van der Waals surface area contributed by atoms with E-state index >= 15 is 0 Å². The fourth-order valence-electron chi connectivity index (χ4n) is 0.846. The van der Waals surface area contributed by atoms with Gasteiger partial charge in [0, 0.05) is 5.88 Å². The fourth-order valence-corrected chi connectivity index (χ4v) is 2.09. The summed E-state index contributed by atoms with van der Waals surface area (Å²) < 4.78 is 0. The van der Waals surface area contributed by atoms with Crippen molar-refractivity contribution in [2.45, 2.75) is 33.6 Å². The first-order valence-corrected chi connectivity index (χ1v) is 5.80. The molecular formula is C9H21NS. The Labute approximate surface area is 75.5 Å². The highest BCUT2D eigenvalue weighted by Gasteiger charge is 1.96. The molecule has 0 saturated carbocycles. The lowest BCUT2D eigenvalue weighted by atomic mass is 10.4. The highest BCUT2D eigenvalue weighted by molar-refractivity contribution is 7.99. The second-order valence-electron chi connectivity index (χ2n) is 2.69. The third-order valence-corrected chi connectivity index (χ3v) is 2.94. The van der Waals surface area contributed by atoms with Crippen molar-refractivity contribution in [3.63, 3.8) is 0 Å².